The zero-order valence-corrected chi connectivity index (χ0v) is 13.8. The summed E-state index contributed by atoms with van der Waals surface area (Å²) in [6.07, 6.45) is 3.08. The highest BCUT2D eigenvalue weighted by atomic mass is 19.1. The number of hydrogen-bond donors (Lipinski definition) is 2. The minimum atomic E-state index is -0.403. The maximum atomic E-state index is 13.0. The standard InChI is InChI=1S/C20H16FN3O2/c21-17-9-7-14(8-10-17)20(26)24-18-6-2-1-4-15(18)13-23-19(25)16-5-3-11-22-12-16/h1-12H,13H2,(H,23,25)(H,24,26). The number of pyridine rings is 1. The van der Waals surface area contributed by atoms with Crippen LogP contribution in [0.2, 0.25) is 0 Å². The highest BCUT2D eigenvalue weighted by Gasteiger charge is 2.11. The molecule has 0 atom stereocenters. The summed E-state index contributed by atoms with van der Waals surface area (Å²) in [6.45, 7) is 0.244. The van der Waals surface area contributed by atoms with Crippen LogP contribution in [0.15, 0.2) is 73.1 Å². The van der Waals surface area contributed by atoms with Crippen LogP contribution in [-0.4, -0.2) is 16.8 Å². The fraction of sp³-hybridized carbons (Fsp3) is 0.0500. The van der Waals surface area contributed by atoms with Gasteiger partial charge in [-0.2, -0.15) is 0 Å². The summed E-state index contributed by atoms with van der Waals surface area (Å²) in [6, 6.07) is 15.8. The zero-order chi connectivity index (χ0) is 18.4. The number of carbonyl (C=O) groups is 2. The van der Waals surface area contributed by atoms with E-state index in [0.717, 1.165) is 5.56 Å². The van der Waals surface area contributed by atoms with Crippen LogP contribution in [0.3, 0.4) is 0 Å². The summed E-state index contributed by atoms with van der Waals surface area (Å²) in [7, 11) is 0. The maximum Gasteiger partial charge on any atom is 0.255 e. The van der Waals surface area contributed by atoms with Crippen LogP contribution in [0, 0.1) is 5.82 Å². The van der Waals surface area contributed by atoms with E-state index >= 15 is 0 Å². The number of aromatic nitrogens is 1. The molecule has 1 heterocycles. The number of rotatable bonds is 5. The first-order chi connectivity index (χ1) is 12.6. The first kappa shape index (κ1) is 17.3. The predicted octanol–water partition coefficient (Wildman–Crippen LogP) is 3.40. The number of para-hydroxylation sites is 1. The third-order valence-electron chi connectivity index (χ3n) is 3.74. The van der Waals surface area contributed by atoms with Crippen LogP contribution >= 0.6 is 0 Å². The molecular formula is C20H16FN3O2. The Hall–Kier alpha value is -3.54. The van der Waals surface area contributed by atoms with Crippen LogP contribution in [0.1, 0.15) is 26.3 Å². The van der Waals surface area contributed by atoms with Crippen molar-refractivity contribution in [2.45, 2.75) is 6.54 Å². The molecule has 3 aromatic rings. The molecule has 6 heteroatoms. The van der Waals surface area contributed by atoms with Crippen molar-refractivity contribution in [3.8, 4) is 0 Å². The molecule has 0 aliphatic rings. The second kappa shape index (κ2) is 8.02. The zero-order valence-electron chi connectivity index (χ0n) is 13.8. The Balaban J connectivity index is 1.69. The van der Waals surface area contributed by atoms with Crippen molar-refractivity contribution in [3.05, 3.63) is 95.6 Å². The highest BCUT2D eigenvalue weighted by Crippen LogP contribution is 2.16. The minimum absolute atomic E-state index is 0.244. The second-order valence-corrected chi connectivity index (χ2v) is 5.54. The van der Waals surface area contributed by atoms with Gasteiger partial charge >= 0.3 is 0 Å². The average Bonchev–Trinajstić information content (AvgIpc) is 2.68. The molecule has 3 rings (SSSR count). The van der Waals surface area contributed by atoms with Crippen molar-refractivity contribution < 1.29 is 14.0 Å². The third kappa shape index (κ3) is 4.30. The van der Waals surface area contributed by atoms with E-state index in [9.17, 15) is 14.0 Å². The van der Waals surface area contributed by atoms with Gasteiger partial charge in [0.15, 0.2) is 0 Å². The molecule has 130 valence electrons. The number of halogens is 1. The fourth-order valence-electron chi connectivity index (χ4n) is 2.37. The van der Waals surface area contributed by atoms with Gasteiger partial charge < -0.3 is 10.6 Å². The Labute approximate surface area is 149 Å². The second-order valence-electron chi connectivity index (χ2n) is 5.54. The Kier molecular flexibility index (Phi) is 5.34. The first-order valence-electron chi connectivity index (χ1n) is 7.96. The van der Waals surface area contributed by atoms with Gasteiger partial charge in [-0.15, -0.1) is 0 Å². The lowest BCUT2D eigenvalue weighted by molar-refractivity contribution is 0.0950. The lowest BCUT2D eigenvalue weighted by atomic mass is 10.1. The number of benzene rings is 2. The molecule has 2 amide bonds. The van der Waals surface area contributed by atoms with Crippen LogP contribution in [0.25, 0.3) is 0 Å². The summed E-state index contributed by atoms with van der Waals surface area (Å²) in [4.78, 5) is 28.4. The topological polar surface area (TPSA) is 71.1 Å². The fourth-order valence-corrected chi connectivity index (χ4v) is 2.37. The third-order valence-corrected chi connectivity index (χ3v) is 3.74. The van der Waals surface area contributed by atoms with E-state index < -0.39 is 5.82 Å². The summed E-state index contributed by atoms with van der Waals surface area (Å²) >= 11 is 0. The van der Waals surface area contributed by atoms with E-state index in [2.05, 4.69) is 15.6 Å². The van der Waals surface area contributed by atoms with Gasteiger partial charge in [-0.1, -0.05) is 18.2 Å². The van der Waals surface area contributed by atoms with Gasteiger partial charge in [-0.05, 0) is 48.0 Å². The van der Waals surface area contributed by atoms with Gasteiger partial charge in [0.1, 0.15) is 5.82 Å². The Morgan fingerprint density at radius 2 is 1.65 bits per heavy atom. The molecule has 0 aliphatic heterocycles. The summed E-state index contributed by atoms with van der Waals surface area (Å²) in [5, 5.41) is 5.58. The number of nitrogens with one attached hydrogen (secondary N) is 2. The average molecular weight is 349 g/mol. The summed E-state index contributed by atoms with van der Waals surface area (Å²) in [5.41, 5.74) is 2.13. The van der Waals surface area contributed by atoms with E-state index in [1.165, 1.54) is 30.5 Å². The molecule has 2 N–H and O–H groups in total. The number of amides is 2. The highest BCUT2D eigenvalue weighted by molar-refractivity contribution is 6.04. The molecule has 0 fully saturated rings. The largest absolute Gasteiger partial charge is 0.348 e. The molecular weight excluding hydrogens is 333 g/mol. The maximum absolute atomic E-state index is 13.0. The van der Waals surface area contributed by atoms with Gasteiger partial charge in [-0.25, -0.2) is 4.39 Å². The Morgan fingerprint density at radius 3 is 2.38 bits per heavy atom. The monoisotopic (exact) mass is 349 g/mol. The predicted molar refractivity (Wildman–Crippen MR) is 96.2 cm³/mol. The first-order valence-corrected chi connectivity index (χ1v) is 7.96. The quantitative estimate of drug-likeness (QED) is 0.742. The molecule has 0 aliphatic carbocycles. The Bertz CT molecular complexity index is 912. The van der Waals surface area contributed by atoms with Gasteiger partial charge in [0, 0.05) is 30.2 Å². The van der Waals surface area contributed by atoms with Crippen molar-refractivity contribution in [1.82, 2.24) is 10.3 Å². The molecule has 0 unspecified atom stereocenters. The van der Waals surface area contributed by atoms with E-state index in [4.69, 9.17) is 0 Å². The molecule has 0 bridgehead atoms. The summed E-state index contributed by atoms with van der Waals surface area (Å²) in [5.74, 6) is -1.01. The molecule has 0 radical (unpaired) electrons. The molecule has 1 aromatic heterocycles. The number of carbonyl (C=O) groups excluding carboxylic acids is 2. The number of nitrogens with zero attached hydrogens (tertiary/aromatic N) is 1. The van der Waals surface area contributed by atoms with Crippen LogP contribution in [0.5, 0.6) is 0 Å². The number of hydrogen-bond acceptors (Lipinski definition) is 3. The molecule has 0 saturated carbocycles. The van der Waals surface area contributed by atoms with Gasteiger partial charge in [0.2, 0.25) is 0 Å². The normalized spacial score (nSPS) is 10.2. The van der Waals surface area contributed by atoms with Crippen LogP contribution in [0.4, 0.5) is 10.1 Å². The lowest BCUT2D eigenvalue weighted by Crippen LogP contribution is -2.24. The van der Waals surface area contributed by atoms with Gasteiger partial charge in [-0.3, -0.25) is 14.6 Å². The molecule has 0 spiro atoms. The SMILES string of the molecule is O=C(NCc1ccccc1NC(=O)c1ccc(F)cc1)c1cccnc1. The number of anilines is 1. The van der Waals surface area contributed by atoms with E-state index in [-0.39, 0.29) is 18.4 Å². The lowest BCUT2D eigenvalue weighted by Gasteiger charge is -2.12. The van der Waals surface area contributed by atoms with E-state index in [1.54, 1.807) is 30.5 Å². The minimum Gasteiger partial charge on any atom is -0.348 e. The van der Waals surface area contributed by atoms with Crippen molar-refractivity contribution >= 4 is 17.5 Å². The van der Waals surface area contributed by atoms with E-state index in [1.807, 2.05) is 12.1 Å². The molecule has 5 nitrogen and oxygen atoms in total. The molecule has 26 heavy (non-hydrogen) atoms. The molecule has 2 aromatic carbocycles. The smallest absolute Gasteiger partial charge is 0.255 e. The van der Waals surface area contributed by atoms with Crippen molar-refractivity contribution in [2.24, 2.45) is 0 Å². The van der Waals surface area contributed by atoms with Crippen molar-refractivity contribution in [2.75, 3.05) is 5.32 Å². The molecule has 0 saturated heterocycles. The van der Waals surface area contributed by atoms with Crippen LogP contribution in [-0.2, 0) is 6.54 Å². The van der Waals surface area contributed by atoms with E-state index in [0.29, 0.717) is 16.8 Å². The van der Waals surface area contributed by atoms with Gasteiger partial charge in [0.05, 0.1) is 5.56 Å². The summed E-state index contributed by atoms with van der Waals surface area (Å²) < 4.78 is 13.0. The van der Waals surface area contributed by atoms with Crippen molar-refractivity contribution in [3.63, 3.8) is 0 Å². The van der Waals surface area contributed by atoms with Crippen molar-refractivity contribution in [1.29, 1.82) is 0 Å². The van der Waals surface area contributed by atoms with Gasteiger partial charge in [0.25, 0.3) is 11.8 Å². The Morgan fingerprint density at radius 1 is 0.885 bits per heavy atom. The van der Waals surface area contributed by atoms with Crippen LogP contribution < -0.4 is 10.6 Å².